The standard InChI is InChI=1S/C24H28Cl2FN7O2/c25-13-8-17(26)20(18(27)9-13)32-24-31-19-11-29-23(30-14-2-1-3-16(35)10-14)33-22(19)34(24)15-6-4-12(5-7-15)21(28)36/h8-9,11-12,14-16,35H,1-7,10H2,(H2,28,36)(H,31,32)(H,29,30,33)/t12-,14-,15+,16+/m1/s1. The summed E-state index contributed by atoms with van der Waals surface area (Å²) in [6.45, 7) is 0. The van der Waals surface area contributed by atoms with Gasteiger partial charge in [0.05, 0.1) is 23.0 Å². The molecule has 0 aliphatic heterocycles. The zero-order valence-corrected chi connectivity index (χ0v) is 21.1. The minimum Gasteiger partial charge on any atom is -0.393 e. The lowest BCUT2D eigenvalue weighted by atomic mass is 9.85. The van der Waals surface area contributed by atoms with Crippen molar-refractivity contribution >= 4 is 57.9 Å². The van der Waals surface area contributed by atoms with E-state index in [-0.39, 0.29) is 45.7 Å². The molecule has 5 rings (SSSR count). The fourth-order valence-electron chi connectivity index (χ4n) is 5.26. The smallest absolute Gasteiger partial charge is 0.224 e. The van der Waals surface area contributed by atoms with Crippen LogP contribution in [-0.2, 0) is 4.79 Å². The van der Waals surface area contributed by atoms with Crippen LogP contribution in [0.15, 0.2) is 18.3 Å². The number of nitrogens with one attached hydrogen (secondary N) is 2. The van der Waals surface area contributed by atoms with Crippen molar-refractivity contribution in [2.24, 2.45) is 11.7 Å². The normalized spacial score (nSPS) is 24.6. The van der Waals surface area contributed by atoms with Crippen molar-refractivity contribution in [3.63, 3.8) is 0 Å². The second-order valence-corrected chi connectivity index (χ2v) is 10.5. The number of carbonyl (C=O) groups is 1. The fourth-order valence-corrected chi connectivity index (χ4v) is 5.78. The van der Waals surface area contributed by atoms with Crippen LogP contribution in [0, 0.1) is 11.7 Å². The summed E-state index contributed by atoms with van der Waals surface area (Å²) in [4.78, 5) is 25.5. The van der Waals surface area contributed by atoms with E-state index >= 15 is 0 Å². The maximum absolute atomic E-state index is 14.7. The summed E-state index contributed by atoms with van der Waals surface area (Å²) in [5, 5.41) is 16.7. The van der Waals surface area contributed by atoms with Gasteiger partial charge in [-0.25, -0.2) is 14.4 Å². The Morgan fingerprint density at radius 1 is 1.14 bits per heavy atom. The highest BCUT2D eigenvalue weighted by molar-refractivity contribution is 6.36. The molecule has 2 aromatic heterocycles. The van der Waals surface area contributed by atoms with E-state index in [2.05, 4.69) is 20.6 Å². The van der Waals surface area contributed by atoms with Crippen LogP contribution < -0.4 is 16.4 Å². The first kappa shape index (κ1) is 25.0. The van der Waals surface area contributed by atoms with E-state index in [9.17, 15) is 14.3 Å². The first-order valence-electron chi connectivity index (χ1n) is 12.2. The zero-order chi connectivity index (χ0) is 25.4. The van der Waals surface area contributed by atoms with Gasteiger partial charge in [0.15, 0.2) is 5.65 Å². The van der Waals surface area contributed by atoms with E-state index in [0.717, 1.165) is 19.3 Å². The summed E-state index contributed by atoms with van der Waals surface area (Å²) >= 11 is 12.2. The summed E-state index contributed by atoms with van der Waals surface area (Å²) in [5.74, 6) is -0.250. The van der Waals surface area contributed by atoms with Gasteiger partial charge in [0.2, 0.25) is 17.8 Å². The number of nitrogens with zero attached hydrogens (tertiary/aromatic N) is 4. The molecule has 2 atom stereocenters. The minimum atomic E-state index is -0.604. The molecule has 5 N–H and O–H groups in total. The lowest BCUT2D eigenvalue weighted by molar-refractivity contribution is -0.122. The molecule has 36 heavy (non-hydrogen) atoms. The molecule has 2 heterocycles. The number of amides is 1. The highest BCUT2D eigenvalue weighted by atomic mass is 35.5. The summed E-state index contributed by atoms with van der Waals surface area (Å²) in [5.41, 5.74) is 6.71. The summed E-state index contributed by atoms with van der Waals surface area (Å²) in [6, 6.07) is 2.68. The number of halogens is 3. The Balaban J connectivity index is 1.51. The van der Waals surface area contributed by atoms with Gasteiger partial charge in [-0.15, -0.1) is 0 Å². The number of nitrogens with two attached hydrogens (primary N) is 1. The molecule has 0 unspecified atom stereocenters. The van der Waals surface area contributed by atoms with Gasteiger partial charge < -0.3 is 21.5 Å². The maximum Gasteiger partial charge on any atom is 0.224 e. The van der Waals surface area contributed by atoms with Crippen LogP contribution in [0.25, 0.3) is 11.2 Å². The molecule has 2 saturated carbocycles. The molecular weight excluding hydrogens is 508 g/mol. The Bertz CT molecular complexity index is 1260. The van der Waals surface area contributed by atoms with E-state index < -0.39 is 5.82 Å². The number of carbonyl (C=O) groups excluding carboxylic acids is 1. The number of aliphatic hydroxyl groups is 1. The topological polar surface area (TPSA) is 131 Å². The molecule has 3 aromatic rings. The first-order chi connectivity index (χ1) is 17.3. The summed E-state index contributed by atoms with van der Waals surface area (Å²) in [6.07, 6.45) is 7.26. The van der Waals surface area contributed by atoms with Crippen LogP contribution in [0.1, 0.15) is 57.4 Å². The quantitative estimate of drug-likeness (QED) is 0.351. The van der Waals surface area contributed by atoms with Gasteiger partial charge in [-0.2, -0.15) is 4.98 Å². The van der Waals surface area contributed by atoms with E-state index in [1.165, 1.54) is 12.1 Å². The molecule has 12 heteroatoms. The van der Waals surface area contributed by atoms with Gasteiger partial charge in [-0.3, -0.25) is 9.36 Å². The number of anilines is 3. The van der Waals surface area contributed by atoms with Crippen molar-refractivity contribution in [2.75, 3.05) is 10.6 Å². The third kappa shape index (κ3) is 5.21. The van der Waals surface area contributed by atoms with Gasteiger partial charge in [0.25, 0.3) is 0 Å². The van der Waals surface area contributed by atoms with E-state index in [1.54, 1.807) is 6.20 Å². The second kappa shape index (κ2) is 10.4. The molecule has 192 valence electrons. The summed E-state index contributed by atoms with van der Waals surface area (Å²) in [7, 11) is 0. The lowest BCUT2D eigenvalue weighted by Crippen LogP contribution is -2.30. The average molecular weight is 536 g/mol. The monoisotopic (exact) mass is 535 g/mol. The van der Waals surface area contributed by atoms with Crippen LogP contribution in [0.3, 0.4) is 0 Å². The number of aliphatic hydroxyl groups excluding tert-OH is 1. The number of hydrogen-bond donors (Lipinski definition) is 4. The third-order valence-electron chi connectivity index (χ3n) is 7.12. The molecule has 2 fully saturated rings. The molecule has 2 aliphatic carbocycles. The molecule has 0 radical (unpaired) electrons. The molecule has 9 nitrogen and oxygen atoms in total. The predicted molar refractivity (Wildman–Crippen MR) is 137 cm³/mol. The Morgan fingerprint density at radius 3 is 2.61 bits per heavy atom. The number of fused-ring (bicyclic) bond motifs is 1. The molecular formula is C24H28Cl2FN7O2. The Morgan fingerprint density at radius 2 is 1.92 bits per heavy atom. The number of aromatic nitrogens is 4. The SMILES string of the molecule is NC(=O)[C@H]1CC[C@@H](n2c(Nc3c(F)cc(Cl)cc3Cl)nc3cnc(N[C@@H]4CCC[C@H](O)C4)nc32)CC1. The van der Waals surface area contributed by atoms with Crippen molar-refractivity contribution in [2.45, 2.75) is 69.6 Å². The van der Waals surface area contributed by atoms with Gasteiger partial charge in [0, 0.05) is 23.0 Å². The Labute approximate surface area is 217 Å². The van der Waals surface area contributed by atoms with Crippen LogP contribution >= 0.6 is 23.2 Å². The van der Waals surface area contributed by atoms with Crippen molar-refractivity contribution < 1.29 is 14.3 Å². The molecule has 1 aromatic carbocycles. The highest BCUT2D eigenvalue weighted by Gasteiger charge is 2.30. The number of hydrogen-bond acceptors (Lipinski definition) is 7. The van der Waals surface area contributed by atoms with Crippen molar-refractivity contribution in [1.29, 1.82) is 0 Å². The number of imidazole rings is 1. The minimum absolute atomic E-state index is 0.0403. The van der Waals surface area contributed by atoms with Crippen LogP contribution in [-0.4, -0.2) is 42.7 Å². The molecule has 0 bridgehead atoms. The number of rotatable bonds is 6. The molecule has 0 spiro atoms. The fraction of sp³-hybridized carbons (Fsp3) is 0.500. The van der Waals surface area contributed by atoms with Gasteiger partial charge in [-0.1, -0.05) is 23.2 Å². The van der Waals surface area contributed by atoms with Crippen LogP contribution in [0.4, 0.5) is 22.0 Å². The van der Waals surface area contributed by atoms with Crippen LogP contribution in [0.2, 0.25) is 10.0 Å². The molecule has 2 aliphatic rings. The summed E-state index contributed by atoms with van der Waals surface area (Å²) < 4.78 is 16.7. The largest absolute Gasteiger partial charge is 0.393 e. The number of primary amides is 1. The zero-order valence-electron chi connectivity index (χ0n) is 19.6. The average Bonchev–Trinajstić information content (AvgIpc) is 3.18. The Hall–Kier alpha value is -2.69. The van der Waals surface area contributed by atoms with Crippen LogP contribution in [0.5, 0.6) is 0 Å². The molecule has 1 amide bonds. The van der Waals surface area contributed by atoms with E-state index in [4.69, 9.17) is 33.9 Å². The van der Waals surface area contributed by atoms with E-state index in [1.807, 2.05) is 4.57 Å². The van der Waals surface area contributed by atoms with Crippen molar-refractivity contribution in [3.8, 4) is 0 Å². The predicted octanol–water partition coefficient (Wildman–Crippen LogP) is 4.95. The second-order valence-electron chi connectivity index (χ2n) is 9.65. The van der Waals surface area contributed by atoms with Gasteiger partial charge in [0.1, 0.15) is 11.3 Å². The lowest BCUT2D eigenvalue weighted by Gasteiger charge is -2.29. The first-order valence-corrected chi connectivity index (χ1v) is 12.9. The Kier molecular flexibility index (Phi) is 7.18. The molecule has 0 saturated heterocycles. The number of benzene rings is 1. The van der Waals surface area contributed by atoms with Gasteiger partial charge >= 0.3 is 0 Å². The maximum atomic E-state index is 14.7. The van der Waals surface area contributed by atoms with Crippen molar-refractivity contribution in [3.05, 3.63) is 34.2 Å². The van der Waals surface area contributed by atoms with Gasteiger partial charge in [-0.05, 0) is 63.5 Å². The van der Waals surface area contributed by atoms with E-state index in [0.29, 0.717) is 55.2 Å². The van der Waals surface area contributed by atoms with Crippen molar-refractivity contribution in [1.82, 2.24) is 19.5 Å². The highest BCUT2D eigenvalue weighted by Crippen LogP contribution is 2.38. The third-order valence-corrected chi connectivity index (χ3v) is 7.64.